The molecule has 1 aliphatic rings. The third kappa shape index (κ3) is 4.30. The van der Waals surface area contributed by atoms with Crippen molar-refractivity contribution in [2.75, 3.05) is 12.0 Å². The van der Waals surface area contributed by atoms with Gasteiger partial charge in [0.2, 0.25) is 0 Å². The first-order chi connectivity index (χ1) is 17.0. The van der Waals surface area contributed by atoms with Crippen LogP contribution >= 0.6 is 12.2 Å². The lowest BCUT2D eigenvalue weighted by atomic mass is 9.99. The van der Waals surface area contributed by atoms with Crippen molar-refractivity contribution in [2.24, 2.45) is 0 Å². The molecule has 35 heavy (non-hydrogen) atoms. The summed E-state index contributed by atoms with van der Waals surface area (Å²) in [5.74, 6) is 1.31. The van der Waals surface area contributed by atoms with Crippen molar-refractivity contribution in [3.05, 3.63) is 108 Å². The molecule has 0 aliphatic carbocycles. The number of nitrogens with zero attached hydrogens (tertiary/aromatic N) is 3. The van der Waals surface area contributed by atoms with Crippen molar-refractivity contribution in [1.82, 2.24) is 14.9 Å². The van der Waals surface area contributed by atoms with Gasteiger partial charge in [-0.1, -0.05) is 32.0 Å². The van der Waals surface area contributed by atoms with E-state index >= 15 is 0 Å². The number of pyridine rings is 1. The molecule has 5 nitrogen and oxygen atoms in total. The number of rotatable bonds is 6. The van der Waals surface area contributed by atoms with Gasteiger partial charge in [0.1, 0.15) is 11.8 Å². The summed E-state index contributed by atoms with van der Waals surface area (Å²) in [5, 5.41) is 4.27. The molecular formula is C29H30N4OS. The molecule has 178 valence electrons. The van der Waals surface area contributed by atoms with Gasteiger partial charge in [0.05, 0.1) is 18.8 Å². The second-order valence-corrected chi connectivity index (χ2v) is 9.56. The number of aromatic nitrogens is 2. The molecule has 1 saturated heterocycles. The lowest BCUT2D eigenvalue weighted by Gasteiger charge is -2.29. The van der Waals surface area contributed by atoms with E-state index in [1.807, 2.05) is 30.5 Å². The highest BCUT2D eigenvalue weighted by molar-refractivity contribution is 7.80. The van der Waals surface area contributed by atoms with Gasteiger partial charge in [0, 0.05) is 29.0 Å². The van der Waals surface area contributed by atoms with Crippen molar-refractivity contribution < 1.29 is 4.74 Å². The minimum Gasteiger partial charge on any atom is -0.497 e. The van der Waals surface area contributed by atoms with E-state index in [1.54, 1.807) is 7.11 Å². The molecule has 2 aromatic heterocycles. The lowest BCUT2D eigenvalue weighted by molar-refractivity contribution is 0.414. The Balaban J connectivity index is 1.65. The molecule has 2 atom stereocenters. The van der Waals surface area contributed by atoms with E-state index in [4.69, 9.17) is 21.9 Å². The van der Waals surface area contributed by atoms with E-state index < -0.39 is 0 Å². The van der Waals surface area contributed by atoms with E-state index in [1.165, 1.54) is 5.56 Å². The number of nitrogens with one attached hydrogen (secondary N) is 1. The molecule has 0 saturated carbocycles. The quantitative estimate of drug-likeness (QED) is 0.318. The second kappa shape index (κ2) is 9.55. The molecule has 0 radical (unpaired) electrons. The molecule has 3 heterocycles. The number of benzene rings is 2. The average molecular weight is 483 g/mol. The van der Waals surface area contributed by atoms with Crippen LogP contribution in [0, 0.1) is 6.92 Å². The van der Waals surface area contributed by atoms with Gasteiger partial charge in [-0.15, -0.1) is 0 Å². The Hall–Kier alpha value is -3.64. The van der Waals surface area contributed by atoms with Gasteiger partial charge in [-0.25, -0.2) is 0 Å². The molecule has 1 N–H and O–H groups in total. The summed E-state index contributed by atoms with van der Waals surface area (Å²) in [6, 6.07) is 27.1. The van der Waals surface area contributed by atoms with Crippen LogP contribution in [0.25, 0.3) is 5.69 Å². The molecule has 1 aliphatic heterocycles. The standard InChI is InChI=1S/C29H30N4OS/c1-19(2)21-9-11-23(12-10-21)33-28(27(31-29(33)35)25-7-5-6-18-30-25)26-17-8-20(3)32(26)22-13-15-24(34-4)16-14-22/h5-19,27-28H,1-4H3,(H,31,35). The largest absolute Gasteiger partial charge is 0.497 e. The van der Waals surface area contributed by atoms with Gasteiger partial charge >= 0.3 is 0 Å². The summed E-state index contributed by atoms with van der Waals surface area (Å²) < 4.78 is 7.68. The second-order valence-electron chi connectivity index (χ2n) is 9.18. The van der Waals surface area contributed by atoms with Gasteiger partial charge in [0.15, 0.2) is 5.11 Å². The Labute approximate surface area is 212 Å². The SMILES string of the molecule is COc1ccc(-n2c(C)ccc2C2C(c3ccccn3)NC(=S)N2c2ccc(C(C)C)cc2)cc1. The Morgan fingerprint density at radius 1 is 0.914 bits per heavy atom. The molecule has 0 bridgehead atoms. The molecule has 5 rings (SSSR count). The molecule has 2 unspecified atom stereocenters. The van der Waals surface area contributed by atoms with Crippen LogP contribution in [0.2, 0.25) is 0 Å². The minimum absolute atomic E-state index is 0.0851. The van der Waals surface area contributed by atoms with Crippen LogP contribution in [0.4, 0.5) is 5.69 Å². The number of ether oxygens (including phenoxy) is 1. The van der Waals surface area contributed by atoms with Crippen molar-refractivity contribution >= 4 is 23.0 Å². The van der Waals surface area contributed by atoms with E-state index in [0.29, 0.717) is 11.0 Å². The highest BCUT2D eigenvalue weighted by atomic mass is 32.1. The summed E-state index contributed by atoms with van der Waals surface area (Å²) in [5.41, 5.74) is 6.70. The third-order valence-corrected chi connectivity index (χ3v) is 6.99. The Morgan fingerprint density at radius 3 is 2.26 bits per heavy atom. The summed E-state index contributed by atoms with van der Waals surface area (Å²) in [6.07, 6.45) is 1.84. The van der Waals surface area contributed by atoms with Crippen LogP contribution in [-0.2, 0) is 0 Å². The predicted octanol–water partition coefficient (Wildman–Crippen LogP) is 6.49. The first-order valence-corrected chi connectivity index (χ1v) is 12.3. The van der Waals surface area contributed by atoms with Crippen molar-refractivity contribution in [1.29, 1.82) is 0 Å². The Bertz CT molecular complexity index is 1310. The molecule has 0 spiro atoms. The zero-order chi connectivity index (χ0) is 24.5. The molecule has 4 aromatic rings. The van der Waals surface area contributed by atoms with Crippen LogP contribution in [0.1, 0.15) is 54.5 Å². The van der Waals surface area contributed by atoms with Crippen molar-refractivity contribution in [3.8, 4) is 11.4 Å². The van der Waals surface area contributed by atoms with E-state index in [2.05, 4.69) is 90.2 Å². The number of aryl methyl sites for hydroxylation is 1. The average Bonchev–Trinajstić information content (AvgIpc) is 3.43. The fourth-order valence-electron chi connectivity index (χ4n) is 4.83. The fraction of sp³-hybridized carbons (Fsp3) is 0.241. The zero-order valence-corrected chi connectivity index (χ0v) is 21.3. The van der Waals surface area contributed by atoms with E-state index in [0.717, 1.165) is 34.2 Å². The van der Waals surface area contributed by atoms with Crippen LogP contribution in [0.3, 0.4) is 0 Å². The fourth-order valence-corrected chi connectivity index (χ4v) is 5.17. The molecule has 0 amide bonds. The Kier molecular flexibility index (Phi) is 6.31. The van der Waals surface area contributed by atoms with Crippen molar-refractivity contribution in [3.63, 3.8) is 0 Å². The summed E-state index contributed by atoms with van der Waals surface area (Å²) >= 11 is 5.92. The van der Waals surface area contributed by atoms with E-state index in [-0.39, 0.29) is 12.1 Å². The van der Waals surface area contributed by atoms with Gasteiger partial charge in [0.25, 0.3) is 0 Å². The maximum absolute atomic E-state index is 5.92. The van der Waals surface area contributed by atoms with Crippen LogP contribution in [0.5, 0.6) is 5.75 Å². The van der Waals surface area contributed by atoms with Crippen LogP contribution < -0.4 is 15.0 Å². The first-order valence-electron chi connectivity index (χ1n) is 11.9. The molecule has 1 fully saturated rings. The number of hydrogen-bond donors (Lipinski definition) is 1. The highest BCUT2D eigenvalue weighted by Gasteiger charge is 2.42. The van der Waals surface area contributed by atoms with Gasteiger partial charge in [-0.05, 0) is 91.3 Å². The third-order valence-electron chi connectivity index (χ3n) is 6.68. The van der Waals surface area contributed by atoms with Gasteiger partial charge in [-0.3, -0.25) is 4.98 Å². The maximum atomic E-state index is 5.92. The van der Waals surface area contributed by atoms with Gasteiger partial charge in [-0.2, -0.15) is 0 Å². The number of thiocarbonyl (C=S) groups is 1. The molecular weight excluding hydrogens is 452 g/mol. The summed E-state index contributed by atoms with van der Waals surface area (Å²) in [6.45, 7) is 6.55. The summed E-state index contributed by atoms with van der Waals surface area (Å²) in [7, 11) is 1.69. The van der Waals surface area contributed by atoms with E-state index in [9.17, 15) is 0 Å². The van der Waals surface area contributed by atoms with Crippen molar-refractivity contribution in [2.45, 2.75) is 38.8 Å². The maximum Gasteiger partial charge on any atom is 0.174 e. The first kappa shape index (κ1) is 23.1. The minimum atomic E-state index is -0.0974. The smallest absolute Gasteiger partial charge is 0.174 e. The molecule has 2 aromatic carbocycles. The number of anilines is 1. The lowest BCUT2D eigenvalue weighted by Crippen LogP contribution is -2.30. The molecule has 6 heteroatoms. The number of methoxy groups -OCH3 is 1. The van der Waals surface area contributed by atoms with Gasteiger partial charge < -0.3 is 19.5 Å². The Morgan fingerprint density at radius 2 is 1.63 bits per heavy atom. The summed E-state index contributed by atoms with van der Waals surface area (Å²) in [4.78, 5) is 6.92. The normalized spacial score (nSPS) is 17.6. The predicted molar refractivity (Wildman–Crippen MR) is 146 cm³/mol. The van der Waals surface area contributed by atoms with Crippen LogP contribution in [-0.4, -0.2) is 21.8 Å². The zero-order valence-electron chi connectivity index (χ0n) is 20.5. The van der Waals surface area contributed by atoms with Crippen LogP contribution in [0.15, 0.2) is 85.1 Å². The highest BCUT2D eigenvalue weighted by Crippen LogP contribution is 2.43. The topological polar surface area (TPSA) is 42.3 Å². The monoisotopic (exact) mass is 482 g/mol. The number of hydrogen-bond acceptors (Lipinski definition) is 3.